The Morgan fingerprint density at radius 1 is 1.43 bits per heavy atom. The summed E-state index contributed by atoms with van der Waals surface area (Å²) in [6, 6.07) is 4.49. The summed E-state index contributed by atoms with van der Waals surface area (Å²) in [7, 11) is 2.12. The summed E-state index contributed by atoms with van der Waals surface area (Å²) in [4.78, 5) is 19.1. The smallest absolute Gasteiger partial charge is 0.167 e. The maximum Gasteiger partial charge on any atom is 0.167 e. The standard InChI is InChI=1S/C16H19N3O2/c1-10-3-12(7-18-15(10)6-17)16(20)11-4-13-8-21-9-14(5-11)19(13)2/h3,7,11,13-14H,4-5,8-9H2,1-2H3. The Hall–Kier alpha value is -1.77. The van der Waals surface area contributed by atoms with Crippen molar-refractivity contribution < 1.29 is 9.53 Å². The normalized spacial score (nSPS) is 28.9. The zero-order valence-electron chi connectivity index (χ0n) is 12.4. The van der Waals surface area contributed by atoms with Gasteiger partial charge >= 0.3 is 0 Å². The van der Waals surface area contributed by atoms with Gasteiger partial charge in [-0.05, 0) is 38.4 Å². The number of hydrogen-bond donors (Lipinski definition) is 0. The third kappa shape index (κ3) is 2.57. The van der Waals surface area contributed by atoms with E-state index in [4.69, 9.17) is 10.00 Å². The Kier molecular flexibility index (Phi) is 3.75. The van der Waals surface area contributed by atoms with E-state index < -0.39 is 0 Å². The number of carbonyl (C=O) groups is 1. The Balaban J connectivity index is 1.80. The molecule has 110 valence electrons. The van der Waals surface area contributed by atoms with Gasteiger partial charge in [0.15, 0.2) is 5.78 Å². The van der Waals surface area contributed by atoms with Crippen molar-refractivity contribution in [3.05, 3.63) is 29.1 Å². The van der Waals surface area contributed by atoms with Crippen LogP contribution in [0.4, 0.5) is 0 Å². The number of pyridine rings is 1. The van der Waals surface area contributed by atoms with Gasteiger partial charge in [-0.1, -0.05) is 0 Å². The minimum atomic E-state index is 0.0363. The molecule has 21 heavy (non-hydrogen) atoms. The SMILES string of the molecule is Cc1cc(C(=O)C2CC3COCC(C2)N3C)cnc1C#N. The predicted molar refractivity (Wildman–Crippen MR) is 76.9 cm³/mol. The molecule has 3 rings (SSSR count). The van der Waals surface area contributed by atoms with E-state index in [1.807, 2.05) is 13.0 Å². The van der Waals surface area contributed by atoms with Crippen molar-refractivity contribution in [2.75, 3.05) is 20.3 Å². The Labute approximate surface area is 124 Å². The summed E-state index contributed by atoms with van der Waals surface area (Å²) >= 11 is 0. The quantitative estimate of drug-likeness (QED) is 0.771. The lowest BCUT2D eigenvalue weighted by atomic mass is 9.81. The van der Waals surface area contributed by atoms with E-state index in [1.165, 1.54) is 0 Å². The highest BCUT2D eigenvalue weighted by Crippen LogP contribution is 2.32. The number of Topliss-reactive ketones (excluding diaryl/α,β-unsaturated/α-hetero) is 1. The van der Waals surface area contributed by atoms with E-state index >= 15 is 0 Å². The third-order valence-electron chi connectivity index (χ3n) is 4.73. The lowest BCUT2D eigenvalue weighted by Gasteiger charge is -2.46. The Morgan fingerprint density at radius 3 is 2.67 bits per heavy atom. The zero-order valence-corrected chi connectivity index (χ0v) is 12.4. The largest absolute Gasteiger partial charge is 0.378 e. The second kappa shape index (κ2) is 5.55. The molecule has 0 aromatic carbocycles. The number of nitrogens with zero attached hydrogens (tertiary/aromatic N) is 3. The zero-order chi connectivity index (χ0) is 15.0. The van der Waals surface area contributed by atoms with Crippen molar-refractivity contribution in [2.45, 2.75) is 31.8 Å². The monoisotopic (exact) mass is 285 g/mol. The summed E-state index contributed by atoms with van der Waals surface area (Å²) in [6.07, 6.45) is 3.22. The van der Waals surface area contributed by atoms with Gasteiger partial charge in [0, 0.05) is 29.8 Å². The average molecular weight is 285 g/mol. The van der Waals surface area contributed by atoms with Gasteiger partial charge in [-0.15, -0.1) is 0 Å². The molecule has 0 amide bonds. The number of hydrogen-bond acceptors (Lipinski definition) is 5. The fourth-order valence-corrected chi connectivity index (χ4v) is 3.37. The summed E-state index contributed by atoms with van der Waals surface area (Å²) in [6.45, 7) is 3.24. The fraction of sp³-hybridized carbons (Fsp3) is 0.562. The van der Waals surface area contributed by atoms with Crippen LogP contribution in [0.1, 0.15) is 34.5 Å². The van der Waals surface area contributed by atoms with E-state index in [0.29, 0.717) is 36.6 Å². The van der Waals surface area contributed by atoms with Crippen molar-refractivity contribution in [1.82, 2.24) is 9.88 Å². The van der Waals surface area contributed by atoms with Crippen molar-refractivity contribution in [2.24, 2.45) is 5.92 Å². The number of fused-ring (bicyclic) bond motifs is 2. The van der Waals surface area contributed by atoms with Gasteiger partial charge in [0.05, 0.1) is 13.2 Å². The molecule has 2 atom stereocenters. The highest BCUT2D eigenvalue weighted by atomic mass is 16.5. The number of rotatable bonds is 2. The van der Waals surface area contributed by atoms with Crippen molar-refractivity contribution in [1.29, 1.82) is 5.26 Å². The minimum Gasteiger partial charge on any atom is -0.378 e. The van der Waals surface area contributed by atoms with E-state index in [2.05, 4.69) is 16.9 Å². The first-order valence-corrected chi connectivity index (χ1v) is 7.30. The van der Waals surface area contributed by atoms with Gasteiger partial charge in [0.25, 0.3) is 0 Å². The van der Waals surface area contributed by atoms with Gasteiger partial charge in [-0.2, -0.15) is 5.26 Å². The van der Waals surface area contributed by atoms with Crippen LogP contribution in [0.2, 0.25) is 0 Å². The molecule has 2 unspecified atom stereocenters. The maximum absolute atomic E-state index is 12.7. The molecule has 0 N–H and O–H groups in total. The van der Waals surface area contributed by atoms with E-state index in [9.17, 15) is 4.79 Å². The Bertz CT molecular complexity index is 594. The molecule has 0 aliphatic carbocycles. The number of aromatic nitrogens is 1. The number of morpholine rings is 1. The van der Waals surface area contributed by atoms with Gasteiger partial charge in [-0.3, -0.25) is 9.69 Å². The summed E-state index contributed by atoms with van der Waals surface area (Å²) in [5, 5.41) is 8.92. The first kappa shape index (κ1) is 14.2. The molecule has 5 heteroatoms. The predicted octanol–water partition coefficient (Wildman–Crippen LogP) is 1.55. The third-order valence-corrected chi connectivity index (χ3v) is 4.73. The Morgan fingerprint density at radius 2 is 2.10 bits per heavy atom. The number of nitriles is 1. The molecular formula is C16H19N3O2. The van der Waals surface area contributed by atoms with Gasteiger partial charge in [0.2, 0.25) is 0 Å². The lowest BCUT2D eigenvalue weighted by Crippen LogP contribution is -2.55. The van der Waals surface area contributed by atoms with Crippen LogP contribution in [0.15, 0.2) is 12.3 Å². The van der Waals surface area contributed by atoms with E-state index in [0.717, 1.165) is 18.4 Å². The first-order chi connectivity index (χ1) is 10.1. The van der Waals surface area contributed by atoms with E-state index in [1.54, 1.807) is 12.3 Å². The molecule has 3 heterocycles. The molecule has 0 radical (unpaired) electrons. The number of aryl methyl sites for hydroxylation is 1. The highest BCUT2D eigenvalue weighted by Gasteiger charge is 2.39. The molecule has 1 aromatic rings. The van der Waals surface area contributed by atoms with Gasteiger partial charge in [0.1, 0.15) is 11.8 Å². The average Bonchev–Trinajstić information content (AvgIpc) is 2.46. The second-order valence-corrected chi connectivity index (χ2v) is 6.04. The fourth-order valence-electron chi connectivity index (χ4n) is 3.37. The molecule has 2 saturated heterocycles. The van der Waals surface area contributed by atoms with Gasteiger partial charge < -0.3 is 4.74 Å². The molecule has 1 aromatic heterocycles. The topological polar surface area (TPSA) is 66.2 Å². The molecule has 2 aliphatic heterocycles. The molecular weight excluding hydrogens is 266 g/mol. The molecule has 0 saturated carbocycles. The molecule has 2 fully saturated rings. The number of ether oxygens (including phenoxy) is 1. The molecule has 5 nitrogen and oxygen atoms in total. The second-order valence-electron chi connectivity index (χ2n) is 6.04. The molecule has 2 aliphatic rings. The summed E-state index contributed by atoms with van der Waals surface area (Å²) in [5.74, 6) is 0.189. The van der Waals surface area contributed by atoms with Crippen LogP contribution in [0.3, 0.4) is 0 Å². The molecule has 0 spiro atoms. The van der Waals surface area contributed by atoms with Gasteiger partial charge in [-0.25, -0.2) is 4.98 Å². The highest BCUT2D eigenvalue weighted by molar-refractivity contribution is 5.98. The van der Waals surface area contributed by atoms with Crippen molar-refractivity contribution >= 4 is 5.78 Å². The van der Waals surface area contributed by atoms with Crippen LogP contribution < -0.4 is 0 Å². The molecule has 2 bridgehead atoms. The van der Waals surface area contributed by atoms with Crippen LogP contribution in [0.25, 0.3) is 0 Å². The van der Waals surface area contributed by atoms with Crippen LogP contribution in [-0.2, 0) is 4.74 Å². The van der Waals surface area contributed by atoms with Crippen LogP contribution in [0, 0.1) is 24.2 Å². The van der Waals surface area contributed by atoms with E-state index in [-0.39, 0.29) is 11.7 Å². The number of piperidine rings is 1. The number of carbonyl (C=O) groups excluding carboxylic acids is 1. The first-order valence-electron chi connectivity index (χ1n) is 7.30. The van der Waals surface area contributed by atoms with Crippen LogP contribution in [0.5, 0.6) is 0 Å². The number of ketones is 1. The lowest BCUT2D eigenvalue weighted by molar-refractivity contribution is -0.0702. The van der Waals surface area contributed by atoms with Crippen molar-refractivity contribution in [3.8, 4) is 6.07 Å². The van der Waals surface area contributed by atoms with Crippen LogP contribution >= 0.6 is 0 Å². The number of likely N-dealkylation sites (N-methyl/N-ethyl adjacent to an activating group) is 1. The summed E-state index contributed by atoms with van der Waals surface area (Å²) in [5.41, 5.74) is 1.78. The van der Waals surface area contributed by atoms with Crippen molar-refractivity contribution in [3.63, 3.8) is 0 Å². The minimum absolute atomic E-state index is 0.0363. The maximum atomic E-state index is 12.7. The summed E-state index contributed by atoms with van der Waals surface area (Å²) < 4.78 is 5.59. The van der Waals surface area contributed by atoms with Crippen LogP contribution in [-0.4, -0.2) is 48.0 Å².